The fourth-order valence-electron chi connectivity index (χ4n) is 7.34. The molecule has 154 valence electrons. The highest BCUT2D eigenvalue weighted by Gasteiger charge is 2.60. The third-order valence-corrected chi connectivity index (χ3v) is 9.09. The molecule has 0 bridgehead atoms. The van der Waals surface area contributed by atoms with E-state index < -0.39 is 0 Å². The highest BCUT2D eigenvalue weighted by Crippen LogP contribution is 2.65. The van der Waals surface area contributed by atoms with Crippen LogP contribution in [0.15, 0.2) is 23.4 Å². The van der Waals surface area contributed by atoms with E-state index in [4.69, 9.17) is 5.73 Å². The molecular weight excluding hydrogens is 348 g/mol. The third kappa shape index (κ3) is 2.55. The van der Waals surface area contributed by atoms with Crippen LogP contribution >= 0.6 is 0 Å². The van der Waals surface area contributed by atoms with Gasteiger partial charge in [-0.25, -0.2) is 0 Å². The van der Waals surface area contributed by atoms with E-state index in [9.17, 15) is 9.59 Å². The van der Waals surface area contributed by atoms with Crippen molar-refractivity contribution in [1.29, 1.82) is 0 Å². The van der Waals surface area contributed by atoms with Crippen LogP contribution in [0.3, 0.4) is 0 Å². The first-order chi connectivity index (χ1) is 13.3. The monoisotopic (exact) mass is 384 g/mol. The van der Waals surface area contributed by atoms with Crippen LogP contribution in [0, 0.1) is 34.5 Å². The van der Waals surface area contributed by atoms with Crippen LogP contribution < -0.4 is 5.73 Å². The van der Waals surface area contributed by atoms with E-state index in [0.29, 0.717) is 35.8 Å². The van der Waals surface area contributed by atoms with Crippen LogP contribution in [0.25, 0.3) is 0 Å². The van der Waals surface area contributed by atoms with Crippen molar-refractivity contribution in [3.8, 4) is 0 Å². The maximum Gasteiger partial charge on any atom is 0.226 e. The standard InChI is InChI=1S/C24H36N2O2/c1-5-26(6-2)22(28)19-10-9-16-15-7-8-18-21(25)20(27)12-14-23(18,3)17(15)11-13-24(16,19)4/h7-8,15-17,19H,5-6,9-14,25H2,1-4H3/t15-,16-,17-,19+,23+,24-/m0/s1. The fraction of sp³-hybridized carbons (Fsp3) is 0.750. The molecule has 2 N–H and O–H groups in total. The number of carbonyl (C=O) groups is 2. The first-order valence-electron chi connectivity index (χ1n) is 11.3. The Morgan fingerprint density at radius 3 is 2.54 bits per heavy atom. The van der Waals surface area contributed by atoms with Gasteiger partial charge in [0, 0.05) is 25.4 Å². The smallest absolute Gasteiger partial charge is 0.226 e. The largest absolute Gasteiger partial charge is 0.396 e. The molecule has 4 rings (SSSR count). The van der Waals surface area contributed by atoms with Crippen molar-refractivity contribution in [3.63, 3.8) is 0 Å². The van der Waals surface area contributed by atoms with Crippen molar-refractivity contribution < 1.29 is 9.59 Å². The molecule has 1 amide bonds. The zero-order chi connectivity index (χ0) is 20.3. The van der Waals surface area contributed by atoms with E-state index in [1.807, 2.05) is 4.90 Å². The lowest BCUT2D eigenvalue weighted by atomic mass is 9.48. The summed E-state index contributed by atoms with van der Waals surface area (Å²) in [6.45, 7) is 10.5. The molecule has 0 aromatic rings. The Kier molecular flexibility index (Phi) is 4.75. The Bertz CT molecular complexity index is 750. The molecule has 4 heteroatoms. The zero-order valence-corrected chi connectivity index (χ0v) is 18.0. The topological polar surface area (TPSA) is 63.4 Å². The van der Waals surface area contributed by atoms with Crippen molar-refractivity contribution in [2.75, 3.05) is 13.1 Å². The molecule has 2 fully saturated rings. The average Bonchev–Trinajstić information content (AvgIpc) is 3.03. The third-order valence-electron chi connectivity index (χ3n) is 9.09. The van der Waals surface area contributed by atoms with Crippen LogP contribution in [0.1, 0.15) is 66.2 Å². The maximum absolute atomic E-state index is 13.2. The van der Waals surface area contributed by atoms with E-state index in [1.54, 1.807) is 0 Å². The SMILES string of the molecule is CCN(CC)C(=O)[C@H]1CC[C@H]2[C@@H]3C=CC4=C(N)C(=O)CC[C@]4(C)[C@H]3CC[C@]12C. The predicted molar refractivity (Wildman–Crippen MR) is 111 cm³/mol. The number of hydrogen-bond donors (Lipinski definition) is 1. The van der Waals surface area contributed by atoms with E-state index in [2.05, 4.69) is 39.8 Å². The van der Waals surface area contributed by atoms with E-state index in [1.165, 1.54) is 0 Å². The number of nitrogens with zero attached hydrogens (tertiary/aromatic N) is 1. The average molecular weight is 385 g/mol. The summed E-state index contributed by atoms with van der Waals surface area (Å²) >= 11 is 0. The number of carbonyl (C=O) groups excluding carboxylic acids is 2. The van der Waals surface area contributed by atoms with Gasteiger partial charge in [-0.15, -0.1) is 0 Å². The van der Waals surface area contributed by atoms with E-state index >= 15 is 0 Å². The van der Waals surface area contributed by atoms with Gasteiger partial charge in [0.05, 0.1) is 5.70 Å². The summed E-state index contributed by atoms with van der Waals surface area (Å²) in [6, 6.07) is 0. The van der Waals surface area contributed by atoms with Gasteiger partial charge >= 0.3 is 0 Å². The van der Waals surface area contributed by atoms with Crippen LogP contribution in [0.4, 0.5) is 0 Å². The number of nitrogens with two attached hydrogens (primary N) is 1. The van der Waals surface area contributed by atoms with Crippen LogP contribution in [0.2, 0.25) is 0 Å². The van der Waals surface area contributed by atoms with Crippen molar-refractivity contribution in [2.24, 2.45) is 40.2 Å². The molecule has 0 saturated heterocycles. The number of amides is 1. The molecule has 0 aromatic carbocycles. The van der Waals surface area contributed by atoms with Gasteiger partial charge in [-0.3, -0.25) is 9.59 Å². The molecular formula is C24H36N2O2. The van der Waals surface area contributed by atoms with Gasteiger partial charge in [-0.1, -0.05) is 26.0 Å². The second-order valence-corrected chi connectivity index (χ2v) is 10.0. The fourth-order valence-corrected chi connectivity index (χ4v) is 7.34. The van der Waals surface area contributed by atoms with Crippen LogP contribution in [0.5, 0.6) is 0 Å². The number of Topliss-reactive ketones (excluding diaryl/α,β-unsaturated/α-hetero) is 1. The summed E-state index contributed by atoms with van der Waals surface area (Å²) in [5.74, 6) is 2.25. The lowest BCUT2D eigenvalue weighted by Crippen LogP contribution is -2.51. The lowest BCUT2D eigenvalue weighted by Gasteiger charge is -2.56. The summed E-state index contributed by atoms with van der Waals surface area (Å²) in [7, 11) is 0. The zero-order valence-electron chi connectivity index (χ0n) is 18.0. The van der Waals surface area contributed by atoms with Crippen molar-refractivity contribution >= 4 is 11.7 Å². The number of hydrogen-bond acceptors (Lipinski definition) is 3. The quantitative estimate of drug-likeness (QED) is 0.798. The maximum atomic E-state index is 13.2. The summed E-state index contributed by atoms with van der Waals surface area (Å²) in [5.41, 5.74) is 7.92. The molecule has 28 heavy (non-hydrogen) atoms. The molecule has 4 aliphatic carbocycles. The van der Waals surface area contributed by atoms with Gasteiger partial charge in [0.25, 0.3) is 0 Å². The van der Waals surface area contributed by atoms with Crippen LogP contribution in [-0.2, 0) is 9.59 Å². The molecule has 4 nitrogen and oxygen atoms in total. The Labute approximate surface area is 169 Å². The molecule has 0 spiro atoms. The summed E-state index contributed by atoms with van der Waals surface area (Å²) < 4.78 is 0. The van der Waals surface area contributed by atoms with Crippen molar-refractivity contribution in [3.05, 3.63) is 23.4 Å². The van der Waals surface area contributed by atoms with Gasteiger partial charge in [0.15, 0.2) is 5.78 Å². The summed E-state index contributed by atoms with van der Waals surface area (Å²) in [5, 5.41) is 0. The number of allylic oxidation sites excluding steroid dienone is 4. The van der Waals surface area contributed by atoms with Gasteiger partial charge in [-0.05, 0) is 80.1 Å². The number of fused-ring (bicyclic) bond motifs is 5. The second-order valence-electron chi connectivity index (χ2n) is 10.0. The number of rotatable bonds is 3. The molecule has 0 aromatic heterocycles. The van der Waals surface area contributed by atoms with E-state index in [0.717, 1.165) is 50.8 Å². The molecule has 0 radical (unpaired) electrons. The lowest BCUT2D eigenvalue weighted by molar-refractivity contribution is -0.141. The van der Waals surface area contributed by atoms with Crippen LogP contribution in [-0.4, -0.2) is 29.7 Å². The van der Waals surface area contributed by atoms with Gasteiger partial charge < -0.3 is 10.6 Å². The minimum Gasteiger partial charge on any atom is -0.396 e. The second kappa shape index (κ2) is 6.74. The normalized spacial score (nSPS) is 42.1. The van der Waals surface area contributed by atoms with Gasteiger partial charge in [0.2, 0.25) is 5.91 Å². The van der Waals surface area contributed by atoms with Crippen molar-refractivity contribution in [1.82, 2.24) is 4.90 Å². The Morgan fingerprint density at radius 2 is 1.86 bits per heavy atom. The van der Waals surface area contributed by atoms with Crippen molar-refractivity contribution in [2.45, 2.75) is 66.2 Å². The highest BCUT2D eigenvalue weighted by molar-refractivity contribution is 5.97. The summed E-state index contributed by atoms with van der Waals surface area (Å²) in [4.78, 5) is 27.4. The Balaban J connectivity index is 1.67. The first-order valence-corrected chi connectivity index (χ1v) is 11.3. The minimum absolute atomic E-state index is 0.0136. The van der Waals surface area contributed by atoms with Gasteiger partial charge in [-0.2, -0.15) is 0 Å². The molecule has 0 unspecified atom stereocenters. The molecule has 2 saturated carbocycles. The minimum atomic E-state index is 0.0136. The number of ketones is 1. The molecule has 6 atom stereocenters. The van der Waals surface area contributed by atoms with Gasteiger partial charge in [0.1, 0.15) is 0 Å². The molecule has 0 heterocycles. The first kappa shape index (κ1) is 19.7. The molecule has 4 aliphatic rings. The summed E-state index contributed by atoms with van der Waals surface area (Å²) in [6.07, 6.45) is 10.4. The molecule has 0 aliphatic heterocycles. The Hall–Kier alpha value is -1.58. The highest BCUT2D eigenvalue weighted by atomic mass is 16.2. The predicted octanol–water partition coefficient (Wildman–Crippen LogP) is 4.07. The Morgan fingerprint density at radius 1 is 1.14 bits per heavy atom. The van der Waals surface area contributed by atoms with E-state index in [-0.39, 0.29) is 22.5 Å².